The van der Waals surface area contributed by atoms with E-state index in [1.165, 1.54) is 77.7 Å². The molecule has 1 rings (SSSR count). The second kappa shape index (κ2) is 10.5. The first kappa shape index (κ1) is 21.5. The smallest absolute Gasteiger partial charge is 0.305 e. The summed E-state index contributed by atoms with van der Waals surface area (Å²) >= 11 is 0. The number of carbonyl (C=O) groups is 1. The molecule has 2 heteroatoms. The van der Waals surface area contributed by atoms with Crippen LogP contribution in [0.5, 0.6) is 0 Å². The molecule has 0 aromatic carbocycles. The van der Waals surface area contributed by atoms with E-state index in [0.29, 0.717) is 17.3 Å². The van der Waals surface area contributed by atoms with Crippen LogP contribution in [0.3, 0.4) is 0 Å². The van der Waals surface area contributed by atoms with Crippen LogP contribution in [0.15, 0.2) is 0 Å². The van der Waals surface area contributed by atoms with Crippen molar-refractivity contribution in [2.75, 3.05) is 7.11 Å². The van der Waals surface area contributed by atoms with Gasteiger partial charge < -0.3 is 4.74 Å². The van der Waals surface area contributed by atoms with E-state index in [4.69, 9.17) is 4.74 Å². The molecule has 0 aliphatic heterocycles. The molecule has 0 saturated heterocycles. The lowest BCUT2D eigenvalue weighted by atomic mass is 9.89. The van der Waals surface area contributed by atoms with Crippen molar-refractivity contribution < 1.29 is 9.53 Å². The zero-order chi connectivity index (χ0) is 18.1. The van der Waals surface area contributed by atoms with Gasteiger partial charge in [0, 0.05) is 6.42 Å². The second-order valence-electron chi connectivity index (χ2n) is 9.56. The predicted octanol–water partition coefficient (Wildman–Crippen LogP) is 6.91. The summed E-state index contributed by atoms with van der Waals surface area (Å²) < 4.78 is 4.69. The summed E-state index contributed by atoms with van der Waals surface area (Å²) in [5.41, 5.74) is 1.13. The SMILES string of the molecule is COC(=O)CCCCC1CC1(C)CCCCCCCCC(C)(C)C. The van der Waals surface area contributed by atoms with Gasteiger partial charge in [0.15, 0.2) is 0 Å². The minimum absolute atomic E-state index is 0.0592. The summed E-state index contributed by atoms with van der Waals surface area (Å²) in [7, 11) is 1.48. The Balaban J connectivity index is 1.92. The van der Waals surface area contributed by atoms with Crippen molar-refractivity contribution in [3.05, 3.63) is 0 Å². The van der Waals surface area contributed by atoms with Gasteiger partial charge in [-0.05, 0) is 48.9 Å². The van der Waals surface area contributed by atoms with Crippen LogP contribution in [-0.4, -0.2) is 13.1 Å². The molecule has 2 atom stereocenters. The number of carbonyl (C=O) groups excluding carboxylic acids is 1. The molecule has 0 N–H and O–H groups in total. The summed E-state index contributed by atoms with van der Waals surface area (Å²) in [6, 6.07) is 0. The summed E-state index contributed by atoms with van der Waals surface area (Å²) in [6.45, 7) is 9.50. The van der Waals surface area contributed by atoms with Gasteiger partial charge in [0.05, 0.1) is 7.11 Å². The van der Waals surface area contributed by atoms with Crippen molar-refractivity contribution in [3.8, 4) is 0 Å². The van der Waals surface area contributed by atoms with Crippen LogP contribution in [0.25, 0.3) is 0 Å². The lowest BCUT2D eigenvalue weighted by Gasteiger charge is -2.17. The van der Waals surface area contributed by atoms with Gasteiger partial charge in [0.25, 0.3) is 0 Å². The average Bonchev–Trinajstić information content (AvgIpc) is 3.15. The van der Waals surface area contributed by atoms with E-state index >= 15 is 0 Å². The van der Waals surface area contributed by atoms with Gasteiger partial charge in [-0.2, -0.15) is 0 Å². The lowest BCUT2D eigenvalue weighted by molar-refractivity contribution is -0.140. The van der Waals surface area contributed by atoms with E-state index in [2.05, 4.69) is 27.7 Å². The fourth-order valence-corrected chi connectivity index (χ4v) is 3.91. The maximum absolute atomic E-state index is 11.1. The fraction of sp³-hybridized carbons (Fsp3) is 0.955. The van der Waals surface area contributed by atoms with Crippen molar-refractivity contribution >= 4 is 5.97 Å². The van der Waals surface area contributed by atoms with E-state index < -0.39 is 0 Å². The second-order valence-corrected chi connectivity index (χ2v) is 9.56. The fourth-order valence-electron chi connectivity index (χ4n) is 3.91. The van der Waals surface area contributed by atoms with Crippen molar-refractivity contribution in [1.29, 1.82) is 0 Å². The molecule has 2 nitrogen and oxygen atoms in total. The van der Waals surface area contributed by atoms with Gasteiger partial charge in [-0.25, -0.2) is 0 Å². The summed E-state index contributed by atoms with van der Waals surface area (Å²) in [6.07, 6.45) is 16.7. The largest absolute Gasteiger partial charge is 0.469 e. The van der Waals surface area contributed by atoms with E-state index in [-0.39, 0.29) is 5.97 Å². The highest BCUT2D eigenvalue weighted by atomic mass is 16.5. The molecule has 0 radical (unpaired) electrons. The molecule has 1 aliphatic carbocycles. The number of esters is 1. The number of hydrogen-bond donors (Lipinski definition) is 0. The van der Waals surface area contributed by atoms with Crippen molar-refractivity contribution in [2.24, 2.45) is 16.7 Å². The summed E-state index contributed by atoms with van der Waals surface area (Å²) in [5.74, 6) is 0.859. The standard InChI is InChI=1S/C22H42O2/c1-21(2,3)16-12-8-6-7-9-13-17-22(4)18-19(22)14-10-11-15-20(23)24-5/h19H,6-18H2,1-5H3. The van der Waals surface area contributed by atoms with E-state index in [1.54, 1.807) is 0 Å². The molecule has 0 amide bonds. The Kier molecular flexibility index (Phi) is 9.37. The Morgan fingerprint density at radius 2 is 1.62 bits per heavy atom. The average molecular weight is 339 g/mol. The zero-order valence-electron chi connectivity index (χ0n) is 17.1. The van der Waals surface area contributed by atoms with Gasteiger partial charge in [-0.1, -0.05) is 72.6 Å². The van der Waals surface area contributed by atoms with Gasteiger partial charge >= 0.3 is 5.97 Å². The highest BCUT2D eigenvalue weighted by Gasteiger charge is 2.47. The van der Waals surface area contributed by atoms with Crippen LogP contribution in [0.4, 0.5) is 0 Å². The Morgan fingerprint density at radius 3 is 2.25 bits per heavy atom. The van der Waals surface area contributed by atoms with Crippen LogP contribution >= 0.6 is 0 Å². The molecule has 142 valence electrons. The topological polar surface area (TPSA) is 26.3 Å². The Labute approximate surface area is 151 Å². The van der Waals surface area contributed by atoms with E-state index in [9.17, 15) is 4.79 Å². The third-order valence-corrected chi connectivity index (χ3v) is 5.87. The lowest BCUT2D eigenvalue weighted by Crippen LogP contribution is -2.03. The van der Waals surface area contributed by atoms with Gasteiger partial charge in [-0.3, -0.25) is 4.79 Å². The normalized spacial score (nSPS) is 23.3. The Bertz CT molecular complexity index is 355. The summed E-state index contributed by atoms with van der Waals surface area (Å²) in [4.78, 5) is 11.1. The van der Waals surface area contributed by atoms with Gasteiger partial charge in [0.2, 0.25) is 0 Å². The van der Waals surface area contributed by atoms with Crippen molar-refractivity contribution in [3.63, 3.8) is 0 Å². The van der Waals surface area contributed by atoms with Crippen LogP contribution in [0.2, 0.25) is 0 Å². The van der Waals surface area contributed by atoms with Crippen LogP contribution < -0.4 is 0 Å². The molecule has 1 aliphatic rings. The first-order chi connectivity index (χ1) is 11.3. The quantitative estimate of drug-likeness (QED) is 0.269. The molecule has 1 fully saturated rings. The molecule has 1 saturated carbocycles. The maximum atomic E-state index is 11.1. The Morgan fingerprint density at radius 1 is 1.00 bits per heavy atom. The van der Waals surface area contributed by atoms with Crippen LogP contribution in [0, 0.1) is 16.7 Å². The van der Waals surface area contributed by atoms with Crippen LogP contribution in [-0.2, 0) is 9.53 Å². The maximum Gasteiger partial charge on any atom is 0.305 e. The first-order valence-corrected chi connectivity index (χ1v) is 10.3. The number of ether oxygens (including phenoxy) is 1. The molecule has 0 spiro atoms. The minimum Gasteiger partial charge on any atom is -0.469 e. The van der Waals surface area contributed by atoms with Gasteiger partial charge in [-0.15, -0.1) is 0 Å². The molecule has 0 aromatic rings. The number of rotatable bonds is 13. The molecule has 0 heterocycles. The third kappa shape index (κ3) is 9.69. The van der Waals surface area contributed by atoms with Gasteiger partial charge in [0.1, 0.15) is 0 Å². The van der Waals surface area contributed by atoms with E-state index in [0.717, 1.165) is 12.3 Å². The zero-order valence-corrected chi connectivity index (χ0v) is 17.1. The van der Waals surface area contributed by atoms with Crippen molar-refractivity contribution in [2.45, 2.75) is 111 Å². The predicted molar refractivity (Wildman–Crippen MR) is 103 cm³/mol. The molecule has 2 unspecified atom stereocenters. The molecule has 24 heavy (non-hydrogen) atoms. The first-order valence-electron chi connectivity index (χ1n) is 10.3. The highest BCUT2D eigenvalue weighted by Crippen LogP contribution is 2.58. The summed E-state index contributed by atoms with van der Waals surface area (Å²) in [5, 5.41) is 0. The number of unbranched alkanes of at least 4 members (excludes halogenated alkanes) is 6. The number of methoxy groups -OCH3 is 1. The molecule has 0 aromatic heterocycles. The minimum atomic E-state index is -0.0592. The van der Waals surface area contributed by atoms with Crippen molar-refractivity contribution in [1.82, 2.24) is 0 Å². The Hall–Kier alpha value is -0.530. The van der Waals surface area contributed by atoms with Crippen LogP contribution in [0.1, 0.15) is 111 Å². The molecular formula is C22H42O2. The highest BCUT2D eigenvalue weighted by molar-refractivity contribution is 5.68. The third-order valence-electron chi connectivity index (χ3n) is 5.87. The molecular weight excluding hydrogens is 296 g/mol. The number of hydrogen-bond acceptors (Lipinski definition) is 2. The monoisotopic (exact) mass is 338 g/mol. The van der Waals surface area contributed by atoms with E-state index in [1.807, 2.05) is 0 Å². The molecule has 0 bridgehead atoms.